The van der Waals surface area contributed by atoms with Gasteiger partial charge in [0.25, 0.3) is 0 Å². The number of hydrogen-bond acceptors (Lipinski definition) is 2. The van der Waals surface area contributed by atoms with Crippen molar-refractivity contribution in [1.29, 1.82) is 0 Å². The summed E-state index contributed by atoms with van der Waals surface area (Å²) in [5.74, 6) is 0.321. The summed E-state index contributed by atoms with van der Waals surface area (Å²) in [6, 6.07) is 7.58. The third-order valence-corrected chi connectivity index (χ3v) is 5.21. The lowest BCUT2D eigenvalue weighted by atomic mass is 9.85. The summed E-state index contributed by atoms with van der Waals surface area (Å²) in [5.41, 5.74) is 0.718. The van der Waals surface area contributed by atoms with Gasteiger partial charge in [0, 0.05) is 3.57 Å². The first-order chi connectivity index (χ1) is 9.16. The van der Waals surface area contributed by atoms with Crippen molar-refractivity contribution in [2.45, 2.75) is 6.42 Å². The van der Waals surface area contributed by atoms with Crippen molar-refractivity contribution >= 4 is 40.1 Å². The summed E-state index contributed by atoms with van der Waals surface area (Å²) in [4.78, 5) is 26.5. The molecule has 2 fully saturated rings. The maximum absolute atomic E-state index is 12.6. The molecule has 1 aromatic rings. The Morgan fingerprint density at radius 2 is 1.68 bits per heavy atom. The van der Waals surface area contributed by atoms with E-state index >= 15 is 0 Å². The van der Waals surface area contributed by atoms with Crippen molar-refractivity contribution in [3.8, 4) is 0 Å². The van der Waals surface area contributed by atoms with Crippen molar-refractivity contribution in [2.24, 2.45) is 23.7 Å². The molecule has 2 amide bonds. The van der Waals surface area contributed by atoms with Gasteiger partial charge in [0.05, 0.1) is 17.5 Å². The summed E-state index contributed by atoms with van der Waals surface area (Å²) in [7, 11) is 0. The quantitative estimate of drug-likeness (QED) is 0.436. The molecule has 4 atom stereocenters. The summed E-state index contributed by atoms with van der Waals surface area (Å²) in [5, 5.41) is 0. The third-order valence-electron chi connectivity index (χ3n) is 4.54. The van der Waals surface area contributed by atoms with Gasteiger partial charge in [-0.25, -0.2) is 4.90 Å². The zero-order valence-electron chi connectivity index (χ0n) is 10.1. The highest BCUT2D eigenvalue weighted by Gasteiger charge is 2.59. The minimum Gasteiger partial charge on any atom is -0.274 e. The van der Waals surface area contributed by atoms with Gasteiger partial charge < -0.3 is 0 Å². The van der Waals surface area contributed by atoms with Crippen LogP contribution in [0.4, 0.5) is 5.69 Å². The summed E-state index contributed by atoms with van der Waals surface area (Å²) in [6.07, 6.45) is 5.22. The van der Waals surface area contributed by atoms with Crippen molar-refractivity contribution in [3.05, 3.63) is 40.0 Å². The lowest BCUT2D eigenvalue weighted by Crippen LogP contribution is -2.32. The maximum Gasteiger partial charge on any atom is 0.238 e. The minimum absolute atomic E-state index is 0.00569. The molecule has 3 aliphatic rings. The molecule has 4 heteroatoms. The van der Waals surface area contributed by atoms with Gasteiger partial charge in [0.2, 0.25) is 11.8 Å². The van der Waals surface area contributed by atoms with E-state index < -0.39 is 0 Å². The second kappa shape index (κ2) is 3.91. The second-order valence-corrected chi connectivity index (χ2v) is 6.74. The Bertz CT molecular complexity index is 594. The van der Waals surface area contributed by atoms with Crippen LogP contribution in [-0.2, 0) is 9.59 Å². The first-order valence-electron chi connectivity index (χ1n) is 6.48. The number of carbonyl (C=O) groups is 2. The zero-order chi connectivity index (χ0) is 13.1. The van der Waals surface area contributed by atoms with E-state index in [9.17, 15) is 9.59 Å². The highest BCUT2D eigenvalue weighted by atomic mass is 127. The monoisotopic (exact) mass is 365 g/mol. The SMILES string of the molecule is O=C1[C@@H]2[C@@H](C(=O)N1c1cccc(I)c1)[C@H]1C=C[C@H]2C1. The van der Waals surface area contributed by atoms with Gasteiger partial charge in [-0.15, -0.1) is 0 Å². The molecule has 4 rings (SSSR count). The molecule has 0 aromatic heterocycles. The largest absolute Gasteiger partial charge is 0.274 e. The number of anilines is 1. The lowest BCUT2D eigenvalue weighted by molar-refractivity contribution is -0.123. The number of allylic oxidation sites excluding steroid dienone is 2. The number of rotatable bonds is 1. The molecule has 0 spiro atoms. The Kier molecular flexibility index (Phi) is 2.40. The molecule has 0 radical (unpaired) electrons. The first-order valence-corrected chi connectivity index (χ1v) is 7.56. The number of nitrogens with zero attached hydrogens (tertiary/aromatic N) is 1. The molecule has 1 heterocycles. The number of carbonyl (C=O) groups excluding carboxylic acids is 2. The zero-order valence-corrected chi connectivity index (χ0v) is 12.3. The second-order valence-electron chi connectivity index (χ2n) is 5.49. The number of benzene rings is 1. The molecular weight excluding hydrogens is 353 g/mol. The van der Waals surface area contributed by atoms with Gasteiger partial charge in [0.15, 0.2) is 0 Å². The van der Waals surface area contributed by atoms with E-state index in [1.165, 1.54) is 4.90 Å². The molecule has 2 bridgehead atoms. The highest BCUT2D eigenvalue weighted by Crippen LogP contribution is 2.53. The van der Waals surface area contributed by atoms with E-state index in [0.29, 0.717) is 0 Å². The third kappa shape index (κ3) is 1.49. The minimum atomic E-state index is -0.111. The fourth-order valence-corrected chi connectivity index (χ4v) is 4.30. The number of amides is 2. The number of hydrogen-bond donors (Lipinski definition) is 0. The topological polar surface area (TPSA) is 37.4 Å². The van der Waals surface area contributed by atoms with Gasteiger partial charge in [-0.3, -0.25) is 9.59 Å². The molecule has 1 saturated heterocycles. The van der Waals surface area contributed by atoms with Gasteiger partial charge >= 0.3 is 0 Å². The average Bonchev–Trinajstić information content (AvgIpc) is 3.04. The summed E-state index contributed by atoms with van der Waals surface area (Å²) >= 11 is 2.20. The van der Waals surface area contributed by atoms with Crippen LogP contribution in [0.1, 0.15) is 6.42 Å². The molecule has 96 valence electrons. The van der Waals surface area contributed by atoms with Crippen LogP contribution in [-0.4, -0.2) is 11.8 Å². The lowest BCUT2D eigenvalue weighted by Gasteiger charge is -2.17. The maximum atomic E-state index is 12.6. The van der Waals surface area contributed by atoms with Crippen molar-refractivity contribution in [1.82, 2.24) is 0 Å². The van der Waals surface area contributed by atoms with E-state index in [2.05, 4.69) is 34.7 Å². The van der Waals surface area contributed by atoms with Crippen LogP contribution in [0.2, 0.25) is 0 Å². The van der Waals surface area contributed by atoms with Crippen molar-refractivity contribution < 1.29 is 9.59 Å². The fraction of sp³-hybridized carbons (Fsp3) is 0.333. The Morgan fingerprint density at radius 1 is 1.05 bits per heavy atom. The average molecular weight is 365 g/mol. The Morgan fingerprint density at radius 3 is 2.26 bits per heavy atom. The number of fused-ring (bicyclic) bond motifs is 5. The first kappa shape index (κ1) is 11.6. The fourth-order valence-electron chi connectivity index (χ4n) is 3.77. The molecule has 1 saturated carbocycles. The van der Waals surface area contributed by atoms with E-state index in [0.717, 1.165) is 15.7 Å². The molecule has 1 aliphatic heterocycles. The van der Waals surface area contributed by atoms with E-state index in [4.69, 9.17) is 0 Å². The molecule has 2 aliphatic carbocycles. The Labute approximate surface area is 124 Å². The Hall–Kier alpha value is -1.17. The predicted molar refractivity (Wildman–Crippen MR) is 79.4 cm³/mol. The number of halogens is 1. The Balaban J connectivity index is 1.77. The van der Waals surface area contributed by atoms with E-state index in [-0.39, 0.29) is 35.5 Å². The standard InChI is InChI=1S/C15H12INO2/c16-10-2-1-3-11(7-10)17-14(18)12-8-4-5-9(6-8)13(12)15(17)19/h1-5,7-9,12-13H,6H2/t8-,9-,12-,13-/m0/s1. The molecule has 0 unspecified atom stereocenters. The number of imide groups is 1. The molecule has 1 aromatic carbocycles. The van der Waals surface area contributed by atoms with Crippen molar-refractivity contribution in [2.75, 3.05) is 4.90 Å². The molecule has 19 heavy (non-hydrogen) atoms. The van der Waals surface area contributed by atoms with Crippen LogP contribution in [0.15, 0.2) is 36.4 Å². The van der Waals surface area contributed by atoms with Gasteiger partial charge in [-0.05, 0) is 59.0 Å². The van der Waals surface area contributed by atoms with Crippen LogP contribution < -0.4 is 4.90 Å². The van der Waals surface area contributed by atoms with Crippen LogP contribution in [0, 0.1) is 27.2 Å². The van der Waals surface area contributed by atoms with Gasteiger partial charge in [-0.2, -0.15) is 0 Å². The van der Waals surface area contributed by atoms with E-state index in [1.54, 1.807) is 0 Å². The van der Waals surface area contributed by atoms with Gasteiger partial charge in [0.1, 0.15) is 0 Å². The molecule has 0 N–H and O–H groups in total. The molecule has 3 nitrogen and oxygen atoms in total. The van der Waals surface area contributed by atoms with Gasteiger partial charge in [-0.1, -0.05) is 18.2 Å². The summed E-state index contributed by atoms with van der Waals surface area (Å²) < 4.78 is 1.04. The van der Waals surface area contributed by atoms with Crippen LogP contribution in [0.3, 0.4) is 0 Å². The van der Waals surface area contributed by atoms with Crippen molar-refractivity contribution in [3.63, 3.8) is 0 Å². The highest BCUT2D eigenvalue weighted by molar-refractivity contribution is 14.1. The van der Waals surface area contributed by atoms with Crippen LogP contribution in [0.5, 0.6) is 0 Å². The normalized spacial score (nSPS) is 35.3. The van der Waals surface area contributed by atoms with Crippen LogP contribution in [0.25, 0.3) is 0 Å². The summed E-state index contributed by atoms with van der Waals surface area (Å²) in [6.45, 7) is 0. The van der Waals surface area contributed by atoms with E-state index in [1.807, 2.05) is 24.3 Å². The van der Waals surface area contributed by atoms with Crippen LogP contribution >= 0.6 is 22.6 Å². The smallest absolute Gasteiger partial charge is 0.238 e. The molecular formula is C15H12INO2. The predicted octanol–water partition coefficient (Wildman–Crippen LogP) is 2.60.